The van der Waals surface area contributed by atoms with Gasteiger partial charge in [-0.3, -0.25) is 9.69 Å². The molecule has 0 radical (unpaired) electrons. The number of para-hydroxylation sites is 1. The number of carbonyl (C=O) groups excluding carboxylic acids is 1. The predicted molar refractivity (Wildman–Crippen MR) is 103 cm³/mol. The minimum Gasteiger partial charge on any atom is -0.478 e. The van der Waals surface area contributed by atoms with Gasteiger partial charge in [-0.05, 0) is 36.2 Å². The van der Waals surface area contributed by atoms with Crippen molar-refractivity contribution >= 4 is 11.7 Å². The number of nitrogens with zero attached hydrogens (tertiary/aromatic N) is 2. The fraction of sp³-hybridized carbons (Fsp3) is 0.182. The molecule has 0 spiro atoms. The Labute approximate surface area is 158 Å². The first kappa shape index (κ1) is 18.6. The fourth-order valence-electron chi connectivity index (χ4n) is 2.73. The van der Waals surface area contributed by atoms with E-state index in [0.29, 0.717) is 18.8 Å². The molecule has 1 heterocycles. The molecule has 1 unspecified atom stereocenters. The third kappa shape index (κ3) is 4.70. The van der Waals surface area contributed by atoms with Crippen LogP contribution in [0.15, 0.2) is 79.0 Å². The first-order valence-corrected chi connectivity index (χ1v) is 8.86. The number of halogens is 1. The molecule has 0 fully saturated rings. The minimum atomic E-state index is -0.812. The van der Waals surface area contributed by atoms with E-state index in [9.17, 15) is 9.18 Å². The molecule has 0 saturated heterocycles. The molecule has 138 valence electrons. The normalized spacial score (nSPS) is 11.6. The topological polar surface area (TPSA) is 42.4 Å². The summed E-state index contributed by atoms with van der Waals surface area (Å²) in [6, 6.07) is 21.1. The molecule has 2 aromatic carbocycles. The number of pyridine rings is 1. The van der Waals surface area contributed by atoms with Crippen LogP contribution in [-0.2, 0) is 11.3 Å². The molecule has 3 rings (SSSR count). The van der Waals surface area contributed by atoms with E-state index in [0.717, 1.165) is 5.56 Å². The van der Waals surface area contributed by atoms with E-state index in [1.807, 2.05) is 43.3 Å². The first-order valence-electron chi connectivity index (χ1n) is 8.86. The van der Waals surface area contributed by atoms with Crippen molar-refractivity contribution in [1.82, 2.24) is 4.98 Å². The number of amides is 1. The van der Waals surface area contributed by atoms with Gasteiger partial charge in [0.05, 0.1) is 6.54 Å². The number of hydrogen-bond acceptors (Lipinski definition) is 3. The average molecular weight is 364 g/mol. The molecule has 5 heteroatoms. The van der Waals surface area contributed by atoms with Crippen LogP contribution in [0.25, 0.3) is 0 Å². The maximum Gasteiger partial charge on any atom is 0.269 e. The van der Waals surface area contributed by atoms with Crippen LogP contribution in [0.5, 0.6) is 5.75 Å². The number of ether oxygens (including phenoxy) is 1. The number of aromatic nitrogens is 1. The lowest BCUT2D eigenvalue weighted by Gasteiger charge is -2.26. The summed E-state index contributed by atoms with van der Waals surface area (Å²) in [5.41, 5.74) is 0.970. The molecule has 0 aliphatic heterocycles. The largest absolute Gasteiger partial charge is 0.478 e. The molecular weight excluding hydrogens is 343 g/mol. The fourth-order valence-corrected chi connectivity index (χ4v) is 2.73. The Hall–Kier alpha value is -3.21. The number of hydrogen-bond donors (Lipinski definition) is 0. The van der Waals surface area contributed by atoms with Gasteiger partial charge in [-0.15, -0.1) is 0 Å². The van der Waals surface area contributed by atoms with Crippen LogP contribution in [0.1, 0.15) is 18.9 Å². The Morgan fingerprint density at radius 2 is 1.74 bits per heavy atom. The maximum atomic E-state index is 14.0. The second-order valence-electron chi connectivity index (χ2n) is 6.04. The van der Waals surface area contributed by atoms with Crippen molar-refractivity contribution < 1.29 is 13.9 Å². The van der Waals surface area contributed by atoms with Crippen molar-refractivity contribution in [2.75, 3.05) is 4.90 Å². The summed E-state index contributed by atoms with van der Waals surface area (Å²) in [6.07, 6.45) is 1.23. The van der Waals surface area contributed by atoms with E-state index in [1.165, 1.54) is 12.1 Å². The van der Waals surface area contributed by atoms with E-state index in [1.54, 1.807) is 35.4 Å². The molecule has 27 heavy (non-hydrogen) atoms. The summed E-state index contributed by atoms with van der Waals surface area (Å²) in [7, 11) is 0. The van der Waals surface area contributed by atoms with Gasteiger partial charge in [0, 0.05) is 6.20 Å². The van der Waals surface area contributed by atoms with E-state index >= 15 is 0 Å². The number of benzene rings is 2. The van der Waals surface area contributed by atoms with Crippen LogP contribution in [0.3, 0.4) is 0 Å². The third-order valence-electron chi connectivity index (χ3n) is 4.13. The van der Waals surface area contributed by atoms with Crippen molar-refractivity contribution in [2.45, 2.75) is 26.0 Å². The summed E-state index contributed by atoms with van der Waals surface area (Å²) < 4.78 is 19.7. The van der Waals surface area contributed by atoms with E-state index in [2.05, 4.69) is 4.98 Å². The highest BCUT2D eigenvalue weighted by Gasteiger charge is 2.27. The predicted octanol–water partition coefficient (Wildman–Crippen LogP) is 4.61. The van der Waals surface area contributed by atoms with Gasteiger partial charge in [0.15, 0.2) is 17.7 Å². The summed E-state index contributed by atoms with van der Waals surface area (Å²) in [5, 5.41) is 0. The molecule has 0 aliphatic carbocycles. The highest BCUT2D eigenvalue weighted by atomic mass is 19.1. The van der Waals surface area contributed by atoms with E-state index in [4.69, 9.17) is 4.74 Å². The molecule has 0 saturated carbocycles. The minimum absolute atomic E-state index is 0.0679. The van der Waals surface area contributed by atoms with E-state index < -0.39 is 11.9 Å². The standard InChI is InChI=1S/C22H21FN2O2/c1-2-19(27-20-13-7-6-12-18(20)23)22(26)25(21-14-8-9-15-24-21)16-17-10-4-3-5-11-17/h3-15,19H,2,16H2,1H3. The zero-order valence-electron chi connectivity index (χ0n) is 15.1. The number of rotatable bonds is 7. The maximum absolute atomic E-state index is 14.0. The zero-order valence-corrected chi connectivity index (χ0v) is 15.1. The van der Waals surface area contributed by atoms with Gasteiger partial charge in [-0.25, -0.2) is 9.37 Å². The Bertz CT molecular complexity index is 872. The van der Waals surface area contributed by atoms with Gasteiger partial charge >= 0.3 is 0 Å². The Balaban J connectivity index is 1.87. The second-order valence-corrected chi connectivity index (χ2v) is 6.04. The summed E-state index contributed by atoms with van der Waals surface area (Å²) in [5.74, 6) is -0.153. The monoisotopic (exact) mass is 364 g/mol. The average Bonchev–Trinajstić information content (AvgIpc) is 2.72. The third-order valence-corrected chi connectivity index (χ3v) is 4.13. The lowest BCUT2D eigenvalue weighted by molar-refractivity contribution is -0.125. The summed E-state index contributed by atoms with van der Waals surface area (Å²) in [6.45, 7) is 2.19. The van der Waals surface area contributed by atoms with Crippen LogP contribution in [-0.4, -0.2) is 17.0 Å². The molecule has 0 bridgehead atoms. The molecule has 0 aliphatic rings. The second kappa shape index (κ2) is 8.94. The molecule has 3 aromatic rings. The SMILES string of the molecule is CCC(Oc1ccccc1F)C(=O)N(Cc1ccccc1)c1ccccn1. The molecular formula is C22H21FN2O2. The number of anilines is 1. The van der Waals surface area contributed by atoms with Gasteiger partial charge < -0.3 is 4.74 Å². The molecule has 1 atom stereocenters. The Morgan fingerprint density at radius 3 is 2.41 bits per heavy atom. The van der Waals surface area contributed by atoms with Gasteiger partial charge in [-0.1, -0.05) is 55.5 Å². The van der Waals surface area contributed by atoms with Crippen molar-refractivity contribution in [2.24, 2.45) is 0 Å². The molecule has 4 nitrogen and oxygen atoms in total. The first-order chi connectivity index (χ1) is 13.2. The van der Waals surface area contributed by atoms with Crippen molar-refractivity contribution in [1.29, 1.82) is 0 Å². The van der Waals surface area contributed by atoms with Crippen molar-refractivity contribution in [3.63, 3.8) is 0 Å². The zero-order chi connectivity index (χ0) is 19.1. The van der Waals surface area contributed by atoms with Crippen molar-refractivity contribution in [3.05, 3.63) is 90.4 Å². The Morgan fingerprint density at radius 1 is 1.04 bits per heavy atom. The quantitative estimate of drug-likeness (QED) is 0.615. The van der Waals surface area contributed by atoms with Crippen molar-refractivity contribution in [3.8, 4) is 5.75 Å². The lowest BCUT2D eigenvalue weighted by Crippen LogP contribution is -2.42. The lowest BCUT2D eigenvalue weighted by atomic mass is 10.1. The summed E-state index contributed by atoms with van der Waals surface area (Å²) in [4.78, 5) is 19.1. The highest BCUT2D eigenvalue weighted by molar-refractivity contribution is 5.95. The molecule has 1 amide bonds. The van der Waals surface area contributed by atoms with Gasteiger partial charge in [0.1, 0.15) is 5.82 Å². The summed E-state index contributed by atoms with van der Waals surface area (Å²) >= 11 is 0. The van der Waals surface area contributed by atoms with Gasteiger partial charge in [0.2, 0.25) is 0 Å². The van der Waals surface area contributed by atoms with Crippen LogP contribution in [0.2, 0.25) is 0 Å². The molecule has 1 aromatic heterocycles. The van der Waals surface area contributed by atoms with Gasteiger partial charge in [-0.2, -0.15) is 0 Å². The Kier molecular flexibility index (Phi) is 6.15. The van der Waals surface area contributed by atoms with Crippen LogP contribution in [0.4, 0.5) is 10.2 Å². The number of carbonyl (C=O) groups is 1. The van der Waals surface area contributed by atoms with E-state index in [-0.39, 0.29) is 11.7 Å². The van der Waals surface area contributed by atoms with Crippen LogP contribution < -0.4 is 9.64 Å². The smallest absolute Gasteiger partial charge is 0.269 e. The highest BCUT2D eigenvalue weighted by Crippen LogP contribution is 2.22. The van der Waals surface area contributed by atoms with Gasteiger partial charge in [0.25, 0.3) is 5.91 Å². The van der Waals surface area contributed by atoms with Crippen LogP contribution >= 0.6 is 0 Å². The van der Waals surface area contributed by atoms with Crippen LogP contribution in [0, 0.1) is 5.82 Å². The molecule has 0 N–H and O–H groups in total.